The Labute approximate surface area is 185 Å². The average molecular weight is 409 g/mol. The van der Waals surface area contributed by atoms with E-state index in [1.807, 2.05) is 0 Å². The number of hydrogen-bond acceptors (Lipinski definition) is 0. The molecule has 2 heterocycles. The largest absolute Gasteiger partial charge is 0.317 e. The van der Waals surface area contributed by atoms with E-state index in [9.17, 15) is 0 Å². The van der Waals surface area contributed by atoms with Crippen molar-refractivity contribution in [2.24, 2.45) is 0 Å². The summed E-state index contributed by atoms with van der Waals surface area (Å²) in [4.78, 5) is 0. The van der Waals surface area contributed by atoms with Crippen LogP contribution in [-0.4, -0.2) is 9.13 Å². The number of benzene rings is 5. The first-order valence-electron chi connectivity index (χ1n) is 11.0. The third kappa shape index (κ3) is 2.35. The van der Waals surface area contributed by atoms with Gasteiger partial charge in [-0.25, -0.2) is 0 Å². The van der Waals surface area contributed by atoms with Crippen LogP contribution >= 0.6 is 0 Å². The summed E-state index contributed by atoms with van der Waals surface area (Å²) in [5.74, 6) is 0. The molecule has 0 N–H and O–H groups in total. The molecule has 2 heteroatoms. The van der Waals surface area contributed by atoms with E-state index in [4.69, 9.17) is 0 Å². The molecule has 0 aliphatic rings. The smallest absolute Gasteiger partial charge is 0.0547 e. The molecule has 0 atom stereocenters. The van der Waals surface area contributed by atoms with Gasteiger partial charge >= 0.3 is 0 Å². The first-order valence-corrected chi connectivity index (χ1v) is 11.0. The maximum atomic E-state index is 2.38. The van der Waals surface area contributed by atoms with E-state index in [-0.39, 0.29) is 0 Å². The Morgan fingerprint density at radius 3 is 1.84 bits per heavy atom. The molecule has 0 saturated heterocycles. The van der Waals surface area contributed by atoms with Crippen LogP contribution in [0.25, 0.3) is 54.9 Å². The fourth-order valence-corrected chi connectivity index (χ4v) is 5.17. The molecule has 0 aliphatic carbocycles. The van der Waals surface area contributed by atoms with Crippen molar-refractivity contribution in [3.63, 3.8) is 0 Å². The highest BCUT2D eigenvalue weighted by Crippen LogP contribution is 2.39. The molecule has 0 amide bonds. The van der Waals surface area contributed by atoms with Gasteiger partial charge in [-0.1, -0.05) is 66.7 Å². The highest BCUT2D eigenvalue weighted by atomic mass is 15.0. The lowest BCUT2D eigenvalue weighted by Crippen LogP contribution is -1.93. The van der Waals surface area contributed by atoms with Crippen molar-refractivity contribution in [3.8, 4) is 11.4 Å². The summed E-state index contributed by atoms with van der Waals surface area (Å²) >= 11 is 0. The zero-order valence-corrected chi connectivity index (χ0v) is 17.4. The van der Waals surface area contributed by atoms with Crippen LogP contribution in [0, 0.1) is 0 Å². The molecule has 7 rings (SSSR count). The van der Waals surface area contributed by atoms with Crippen LogP contribution in [0.1, 0.15) is 0 Å². The van der Waals surface area contributed by atoms with Crippen LogP contribution in [0.2, 0.25) is 0 Å². The number of fused-ring (bicyclic) bond motifs is 7. The fourth-order valence-electron chi connectivity index (χ4n) is 5.17. The lowest BCUT2D eigenvalue weighted by atomic mass is 10.0. The molecule has 0 bridgehead atoms. The van der Waals surface area contributed by atoms with Crippen molar-refractivity contribution >= 4 is 43.5 Å². The molecule has 150 valence electrons. The number of para-hydroxylation sites is 3. The molecule has 2 aromatic heterocycles. The number of nitrogens with zero attached hydrogens (tertiary/aromatic N) is 2. The standard InChI is InChI=1S/C30H20N2/c1-3-9-21(10-4-1)31-20-19-24-23-15-18-29-30(25(23)16-17-27(24)31)26-13-7-8-14-28(26)32(29)22-11-5-2-6-12-22/h1-20H. The Balaban J connectivity index is 1.60. The second-order valence-corrected chi connectivity index (χ2v) is 8.26. The Morgan fingerprint density at radius 2 is 1.03 bits per heavy atom. The Bertz CT molecular complexity index is 1750. The van der Waals surface area contributed by atoms with Crippen LogP contribution in [0.5, 0.6) is 0 Å². The second-order valence-electron chi connectivity index (χ2n) is 8.26. The summed E-state index contributed by atoms with van der Waals surface area (Å²) < 4.78 is 4.65. The molecule has 2 nitrogen and oxygen atoms in total. The third-order valence-corrected chi connectivity index (χ3v) is 6.55. The van der Waals surface area contributed by atoms with Gasteiger partial charge in [-0.2, -0.15) is 0 Å². The minimum absolute atomic E-state index is 1.18. The van der Waals surface area contributed by atoms with E-state index < -0.39 is 0 Å². The van der Waals surface area contributed by atoms with Gasteiger partial charge in [0.2, 0.25) is 0 Å². The van der Waals surface area contributed by atoms with E-state index in [0.29, 0.717) is 0 Å². The van der Waals surface area contributed by atoms with Crippen LogP contribution in [0.15, 0.2) is 121 Å². The monoisotopic (exact) mass is 408 g/mol. The van der Waals surface area contributed by atoms with Crippen molar-refractivity contribution in [1.82, 2.24) is 9.13 Å². The van der Waals surface area contributed by atoms with Crippen molar-refractivity contribution < 1.29 is 0 Å². The Morgan fingerprint density at radius 1 is 0.375 bits per heavy atom. The first kappa shape index (κ1) is 17.4. The molecule has 0 spiro atoms. The van der Waals surface area contributed by atoms with Crippen LogP contribution in [0.4, 0.5) is 0 Å². The molecular weight excluding hydrogens is 388 g/mol. The van der Waals surface area contributed by atoms with E-state index in [2.05, 4.69) is 131 Å². The molecule has 0 unspecified atom stereocenters. The van der Waals surface area contributed by atoms with Gasteiger partial charge in [-0.3, -0.25) is 0 Å². The number of rotatable bonds is 2. The Hall–Kier alpha value is -4.30. The molecule has 32 heavy (non-hydrogen) atoms. The van der Waals surface area contributed by atoms with Crippen molar-refractivity contribution in [2.75, 3.05) is 0 Å². The van der Waals surface area contributed by atoms with Gasteiger partial charge in [0, 0.05) is 33.7 Å². The van der Waals surface area contributed by atoms with Crippen LogP contribution in [-0.2, 0) is 0 Å². The van der Waals surface area contributed by atoms with Crippen LogP contribution in [0.3, 0.4) is 0 Å². The molecule has 0 radical (unpaired) electrons. The van der Waals surface area contributed by atoms with Crippen molar-refractivity contribution in [2.45, 2.75) is 0 Å². The topological polar surface area (TPSA) is 9.86 Å². The van der Waals surface area contributed by atoms with Gasteiger partial charge in [0.15, 0.2) is 0 Å². The summed E-state index contributed by atoms with van der Waals surface area (Å²) in [7, 11) is 0. The minimum Gasteiger partial charge on any atom is -0.317 e. The fraction of sp³-hybridized carbons (Fsp3) is 0. The Kier molecular flexibility index (Phi) is 3.58. The molecular formula is C30H20N2. The maximum absolute atomic E-state index is 2.38. The zero-order chi connectivity index (χ0) is 21.1. The van der Waals surface area contributed by atoms with Gasteiger partial charge in [0.1, 0.15) is 0 Å². The van der Waals surface area contributed by atoms with Crippen molar-refractivity contribution in [1.29, 1.82) is 0 Å². The summed E-state index contributed by atoms with van der Waals surface area (Å²) in [5, 5.41) is 6.48. The summed E-state index contributed by atoms with van der Waals surface area (Å²) in [6.07, 6.45) is 2.18. The predicted molar refractivity (Wildman–Crippen MR) is 135 cm³/mol. The molecule has 0 fully saturated rings. The van der Waals surface area contributed by atoms with Gasteiger partial charge in [-0.15, -0.1) is 0 Å². The van der Waals surface area contributed by atoms with Gasteiger partial charge in [0.05, 0.1) is 16.6 Å². The summed E-state index contributed by atoms with van der Waals surface area (Å²) in [6.45, 7) is 0. The second kappa shape index (κ2) is 6.60. The van der Waals surface area contributed by atoms with Crippen LogP contribution < -0.4 is 0 Å². The summed E-state index contributed by atoms with van der Waals surface area (Å²) in [6, 6.07) is 41.3. The lowest BCUT2D eigenvalue weighted by molar-refractivity contribution is 1.13. The van der Waals surface area contributed by atoms with E-state index >= 15 is 0 Å². The highest BCUT2D eigenvalue weighted by molar-refractivity contribution is 6.25. The van der Waals surface area contributed by atoms with E-state index in [1.165, 1.54) is 54.9 Å². The maximum Gasteiger partial charge on any atom is 0.0547 e. The predicted octanol–water partition coefficient (Wildman–Crippen LogP) is 7.88. The molecule has 0 aliphatic heterocycles. The first-order chi connectivity index (χ1) is 15.9. The zero-order valence-electron chi connectivity index (χ0n) is 17.4. The SMILES string of the molecule is c1ccc(-n2ccc3c4ccc5c(c4ccc32)c2ccccc2n5-c2ccccc2)cc1. The lowest BCUT2D eigenvalue weighted by Gasteiger charge is -2.09. The number of aromatic nitrogens is 2. The average Bonchev–Trinajstić information content (AvgIpc) is 3.44. The number of hydrogen-bond donors (Lipinski definition) is 0. The highest BCUT2D eigenvalue weighted by Gasteiger charge is 2.16. The third-order valence-electron chi connectivity index (χ3n) is 6.55. The van der Waals surface area contributed by atoms with Gasteiger partial charge < -0.3 is 9.13 Å². The quantitative estimate of drug-likeness (QED) is 0.275. The minimum atomic E-state index is 1.18. The molecule has 5 aromatic carbocycles. The molecule has 0 saturated carbocycles. The normalized spacial score (nSPS) is 11.8. The molecule has 7 aromatic rings. The van der Waals surface area contributed by atoms with Gasteiger partial charge in [0.25, 0.3) is 0 Å². The summed E-state index contributed by atoms with van der Waals surface area (Å²) in [5.41, 5.74) is 6.09. The van der Waals surface area contributed by atoms with E-state index in [1.54, 1.807) is 0 Å². The van der Waals surface area contributed by atoms with Gasteiger partial charge in [-0.05, 0) is 59.3 Å². The van der Waals surface area contributed by atoms with E-state index in [0.717, 1.165) is 0 Å². The van der Waals surface area contributed by atoms with Crippen molar-refractivity contribution in [3.05, 3.63) is 121 Å².